The molecule has 0 saturated heterocycles. The number of H-pyrrole nitrogens is 1. The topological polar surface area (TPSA) is 76.9 Å². The van der Waals surface area contributed by atoms with Crippen molar-refractivity contribution in [2.45, 2.75) is 0 Å². The monoisotopic (exact) mass is 220 g/mol. The summed E-state index contributed by atoms with van der Waals surface area (Å²) in [5.74, 6) is -1.08. The van der Waals surface area contributed by atoms with E-state index in [0.717, 1.165) is 0 Å². The maximum Gasteiger partial charge on any atom is 0.352 e. The van der Waals surface area contributed by atoms with Gasteiger partial charge in [-0.1, -0.05) is 11.6 Å². The van der Waals surface area contributed by atoms with E-state index < -0.39 is 5.97 Å². The summed E-state index contributed by atoms with van der Waals surface area (Å²) in [5, 5.41) is 18.5. The lowest BCUT2D eigenvalue weighted by Gasteiger charge is -1.94. The zero-order valence-corrected chi connectivity index (χ0v) is 8.17. The number of carbonyl (C=O) groups is 1. The first-order valence-electron chi connectivity index (χ1n) is 4.08. The van der Waals surface area contributed by atoms with Crippen LogP contribution in [0.4, 0.5) is 0 Å². The number of benzene rings is 1. The highest BCUT2D eigenvalue weighted by Gasteiger charge is 2.12. The van der Waals surface area contributed by atoms with Crippen LogP contribution >= 0.6 is 11.6 Å². The van der Waals surface area contributed by atoms with Gasteiger partial charge in [-0.15, -0.1) is 0 Å². The number of nitrogens with zero attached hydrogens (tertiary/aromatic N) is 1. The number of hydrogen-bond acceptors (Lipinski definition) is 2. The molecule has 2 rings (SSSR count). The van der Waals surface area contributed by atoms with Gasteiger partial charge in [0, 0.05) is 5.39 Å². The van der Waals surface area contributed by atoms with Gasteiger partial charge in [0.1, 0.15) is 5.69 Å². The predicted octanol–water partition coefficient (Wildman–Crippen LogP) is 2.39. The highest BCUT2D eigenvalue weighted by atomic mass is 35.5. The number of carboxylic acid groups (broad SMARTS) is 1. The van der Waals surface area contributed by atoms with E-state index in [0.29, 0.717) is 21.5 Å². The number of hydrogen-bond donors (Lipinski definition) is 2. The van der Waals surface area contributed by atoms with Gasteiger partial charge >= 0.3 is 5.97 Å². The highest BCUT2D eigenvalue weighted by molar-refractivity contribution is 6.35. The van der Waals surface area contributed by atoms with Crippen LogP contribution in [0.1, 0.15) is 16.1 Å². The number of nitriles is 1. The van der Waals surface area contributed by atoms with E-state index in [4.69, 9.17) is 22.0 Å². The molecule has 1 heterocycles. The second-order valence-electron chi connectivity index (χ2n) is 2.98. The largest absolute Gasteiger partial charge is 0.477 e. The van der Waals surface area contributed by atoms with Gasteiger partial charge < -0.3 is 10.1 Å². The average molecular weight is 221 g/mol. The standard InChI is InChI=1S/C10H5ClN2O2/c11-7-2-1-5(4-12)6-3-8(10(14)15)13-9(6)7/h1-3,13H,(H,14,15). The average Bonchev–Trinajstić information content (AvgIpc) is 2.64. The number of aromatic carboxylic acids is 1. The first kappa shape index (κ1) is 9.56. The molecule has 0 aliphatic heterocycles. The number of fused-ring (bicyclic) bond motifs is 1. The van der Waals surface area contributed by atoms with Crippen LogP contribution in [0.15, 0.2) is 18.2 Å². The molecule has 0 amide bonds. The van der Waals surface area contributed by atoms with Crippen molar-refractivity contribution in [2.24, 2.45) is 0 Å². The first-order valence-corrected chi connectivity index (χ1v) is 4.46. The van der Waals surface area contributed by atoms with Gasteiger partial charge in [-0.25, -0.2) is 4.79 Å². The molecule has 5 heteroatoms. The van der Waals surface area contributed by atoms with Crippen LogP contribution in [0, 0.1) is 11.3 Å². The predicted molar refractivity (Wildman–Crippen MR) is 55.0 cm³/mol. The summed E-state index contributed by atoms with van der Waals surface area (Å²) in [6.07, 6.45) is 0. The van der Waals surface area contributed by atoms with Crippen LogP contribution in [0.2, 0.25) is 5.02 Å². The van der Waals surface area contributed by atoms with Crippen LogP contribution in [0.5, 0.6) is 0 Å². The van der Waals surface area contributed by atoms with Gasteiger partial charge in [-0.05, 0) is 18.2 Å². The Morgan fingerprint density at radius 3 is 2.87 bits per heavy atom. The Hall–Kier alpha value is -1.99. The summed E-state index contributed by atoms with van der Waals surface area (Å²) in [7, 11) is 0. The quantitative estimate of drug-likeness (QED) is 0.775. The Morgan fingerprint density at radius 2 is 2.27 bits per heavy atom. The van der Waals surface area contributed by atoms with Crippen LogP contribution in [0.25, 0.3) is 10.9 Å². The van der Waals surface area contributed by atoms with Gasteiger partial charge in [-0.2, -0.15) is 5.26 Å². The van der Waals surface area contributed by atoms with Crippen molar-refractivity contribution >= 4 is 28.5 Å². The molecule has 2 N–H and O–H groups in total. The normalized spacial score (nSPS) is 10.1. The van der Waals surface area contributed by atoms with Crippen molar-refractivity contribution in [2.75, 3.05) is 0 Å². The minimum Gasteiger partial charge on any atom is -0.477 e. The maximum absolute atomic E-state index is 10.7. The van der Waals surface area contributed by atoms with Crippen LogP contribution in [0.3, 0.4) is 0 Å². The summed E-state index contributed by atoms with van der Waals surface area (Å²) < 4.78 is 0. The van der Waals surface area contributed by atoms with Crippen molar-refractivity contribution in [3.63, 3.8) is 0 Å². The van der Waals surface area contributed by atoms with Gasteiger partial charge in [0.25, 0.3) is 0 Å². The van der Waals surface area contributed by atoms with E-state index in [9.17, 15) is 4.79 Å². The molecule has 74 valence electrons. The Bertz CT molecular complexity index is 595. The highest BCUT2D eigenvalue weighted by Crippen LogP contribution is 2.26. The SMILES string of the molecule is N#Cc1ccc(Cl)c2[nH]c(C(=O)O)cc12. The fourth-order valence-corrected chi connectivity index (χ4v) is 1.61. The van der Waals surface area contributed by atoms with Crippen molar-refractivity contribution in [3.8, 4) is 6.07 Å². The van der Waals surface area contributed by atoms with E-state index in [1.54, 1.807) is 12.1 Å². The molecule has 0 unspecified atom stereocenters. The summed E-state index contributed by atoms with van der Waals surface area (Å²) in [4.78, 5) is 13.4. The summed E-state index contributed by atoms with van der Waals surface area (Å²) >= 11 is 5.87. The Labute approximate surface area is 89.7 Å². The van der Waals surface area contributed by atoms with E-state index in [1.807, 2.05) is 6.07 Å². The van der Waals surface area contributed by atoms with Gasteiger partial charge in [0.2, 0.25) is 0 Å². The van der Waals surface area contributed by atoms with Crippen LogP contribution in [-0.2, 0) is 0 Å². The molecule has 0 radical (unpaired) electrons. The molecule has 15 heavy (non-hydrogen) atoms. The molecule has 0 saturated carbocycles. The number of rotatable bonds is 1. The Balaban J connectivity index is 2.85. The van der Waals surface area contributed by atoms with Crippen LogP contribution < -0.4 is 0 Å². The lowest BCUT2D eigenvalue weighted by Crippen LogP contribution is -1.94. The molecule has 2 aromatic rings. The number of aromatic amines is 1. The summed E-state index contributed by atoms with van der Waals surface area (Å²) in [6.45, 7) is 0. The third kappa shape index (κ3) is 1.43. The van der Waals surface area contributed by atoms with Crippen molar-refractivity contribution in [1.29, 1.82) is 5.26 Å². The summed E-state index contributed by atoms with van der Waals surface area (Å²) in [6, 6.07) is 6.50. The Kier molecular flexibility index (Phi) is 2.10. The molecule has 0 aliphatic rings. The third-order valence-electron chi connectivity index (χ3n) is 2.09. The van der Waals surface area contributed by atoms with Gasteiger partial charge in [0.05, 0.1) is 22.2 Å². The Morgan fingerprint density at radius 1 is 1.53 bits per heavy atom. The van der Waals surface area contributed by atoms with E-state index in [1.165, 1.54) is 6.07 Å². The van der Waals surface area contributed by atoms with Crippen molar-refractivity contribution in [1.82, 2.24) is 4.98 Å². The smallest absolute Gasteiger partial charge is 0.352 e. The zero-order valence-electron chi connectivity index (χ0n) is 7.41. The molecule has 0 fully saturated rings. The molecular weight excluding hydrogens is 216 g/mol. The van der Waals surface area contributed by atoms with Gasteiger partial charge in [0.15, 0.2) is 0 Å². The molecule has 0 spiro atoms. The number of halogens is 1. The first-order chi connectivity index (χ1) is 7.13. The van der Waals surface area contributed by atoms with E-state index in [2.05, 4.69) is 4.98 Å². The minimum atomic E-state index is -1.08. The minimum absolute atomic E-state index is 0.0228. The van der Waals surface area contributed by atoms with Crippen LogP contribution in [-0.4, -0.2) is 16.1 Å². The number of carboxylic acids is 1. The molecule has 4 nitrogen and oxygen atoms in total. The third-order valence-corrected chi connectivity index (χ3v) is 2.41. The fraction of sp³-hybridized carbons (Fsp3) is 0. The van der Waals surface area contributed by atoms with Gasteiger partial charge in [-0.3, -0.25) is 0 Å². The lowest BCUT2D eigenvalue weighted by molar-refractivity contribution is 0.0691. The molecular formula is C10H5ClN2O2. The second-order valence-corrected chi connectivity index (χ2v) is 3.39. The van der Waals surface area contributed by atoms with Crippen molar-refractivity contribution < 1.29 is 9.90 Å². The molecule has 0 aliphatic carbocycles. The van der Waals surface area contributed by atoms with E-state index in [-0.39, 0.29) is 5.69 Å². The van der Waals surface area contributed by atoms with E-state index >= 15 is 0 Å². The molecule has 0 atom stereocenters. The lowest BCUT2D eigenvalue weighted by atomic mass is 10.1. The summed E-state index contributed by atoms with van der Waals surface area (Å²) in [5.41, 5.74) is 0.904. The molecule has 0 bridgehead atoms. The fourth-order valence-electron chi connectivity index (χ4n) is 1.40. The second kappa shape index (κ2) is 3.30. The maximum atomic E-state index is 10.7. The molecule has 1 aromatic carbocycles. The molecule has 1 aromatic heterocycles. The van der Waals surface area contributed by atoms with Crippen molar-refractivity contribution in [3.05, 3.63) is 34.5 Å². The zero-order chi connectivity index (χ0) is 11.0. The number of nitrogens with one attached hydrogen (secondary N) is 1. The number of aromatic nitrogens is 1.